The Hall–Kier alpha value is -2.83. The number of hydrogen-bond donors (Lipinski definition) is 2. The Morgan fingerprint density at radius 2 is 1.89 bits per heavy atom. The molecule has 0 bridgehead atoms. The number of nitrogens with zero attached hydrogens (tertiary/aromatic N) is 2. The molecule has 2 aromatic rings. The summed E-state index contributed by atoms with van der Waals surface area (Å²) in [4.78, 5) is 28.0. The maximum Gasteiger partial charge on any atom is 0.315 e. The molecule has 1 aromatic heterocycles. The minimum Gasteiger partial charge on any atom is -0.466 e. The van der Waals surface area contributed by atoms with Crippen LogP contribution in [0.4, 0.5) is 4.79 Å². The lowest BCUT2D eigenvalue weighted by Gasteiger charge is -2.19. The van der Waals surface area contributed by atoms with E-state index in [1.165, 1.54) is 0 Å². The molecule has 1 unspecified atom stereocenters. The Labute approximate surface area is 166 Å². The summed E-state index contributed by atoms with van der Waals surface area (Å²) in [6.45, 7) is 2.83. The first-order chi connectivity index (χ1) is 13.6. The highest BCUT2D eigenvalue weighted by atomic mass is 16.5. The number of urea groups is 1. The molecule has 2 amide bonds. The van der Waals surface area contributed by atoms with E-state index in [0.717, 1.165) is 37.1 Å². The van der Waals surface area contributed by atoms with Crippen LogP contribution >= 0.6 is 0 Å². The molecule has 152 valence electrons. The molecule has 1 aromatic carbocycles. The van der Waals surface area contributed by atoms with Crippen molar-refractivity contribution in [2.75, 3.05) is 13.2 Å². The third-order valence-electron chi connectivity index (χ3n) is 4.42. The number of aryl methyl sites for hydroxylation is 1. The summed E-state index contributed by atoms with van der Waals surface area (Å²) < 4.78 is 6.81. The molecule has 0 saturated carbocycles. The molecule has 1 atom stereocenters. The van der Waals surface area contributed by atoms with Crippen LogP contribution in [0.2, 0.25) is 0 Å². The Bertz CT molecular complexity index is 730. The average Bonchev–Trinajstić information content (AvgIpc) is 3.12. The normalized spacial score (nSPS) is 11.6. The predicted octanol–water partition coefficient (Wildman–Crippen LogP) is 3.32. The van der Waals surface area contributed by atoms with E-state index >= 15 is 0 Å². The first-order valence-corrected chi connectivity index (χ1v) is 9.84. The monoisotopic (exact) mass is 386 g/mol. The first kappa shape index (κ1) is 21.5. The summed E-state index contributed by atoms with van der Waals surface area (Å²) in [7, 11) is 1.91. The molecular formula is C21H30N4O3. The van der Waals surface area contributed by atoms with Crippen molar-refractivity contribution in [1.29, 1.82) is 0 Å². The van der Waals surface area contributed by atoms with Crippen molar-refractivity contribution in [2.24, 2.45) is 7.05 Å². The molecule has 2 N–H and O–H groups in total. The lowest BCUT2D eigenvalue weighted by molar-refractivity contribution is -0.143. The molecule has 0 aliphatic heterocycles. The standard InChI is InChI=1S/C21H30N4O3/c1-3-28-18(26)13-9-4-5-10-14-23-21(27)24-19(17-11-7-6-8-12-17)20-22-15-16-25(20)2/h6-8,11-12,15-16,19H,3-5,9-10,13-14H2,1-2H3,(H2,23,24,27). The van der Waals surface area contributed by atoms with E-state index in [4.69, 9.17) is 4.74 Å². The second-order valence-corrected chi connectivity index (χ2v) is 6.61. The van der Waals surface area contributed by atoms with Gasteiger partial charge in [0.15, 0.2) is 0 Å². The second-order valence-electron chi connectivity index (χ2n) is 6.61. The summed E-state index contributed by atoms with van der Waals surface area (Å²) >= 11 is 0. The lowest BCUT2D eigenvalue weighted by Crippen LogP contribution is -2.39. The van der Waals surface area contributed by atoms with Gasteiger partial charge in [0.2, 0.25) is 0 Å². The van der Waals surface area contributed by atoms with Crippen LogP contribution in [-0.4, -0.2) is 34.7 Å². The van der Waals surface area contributed by atoms with Gasteiger partial charge in [0.05, 0.1) is 6.61 Å². The van der Waals surface area contributed by atoms with Crippen LogP contribution < -0.4 is 10.6 Å². The molecule has 0 aliphatic carbocycles. The Kier molecular flexibility index (Phi) is 9.04. The minimum absolute atomic E-state index is 0.138. The number of hydrogen-bond acceptors (Lipinski definition) is 4. The van der Waals surface area contributed by atoms with Crippen molar-refractivity contribution < 1.29 is 14.3 Å². The number of unbranched alkanes of at least 4 members (excludes halogenated alkanes) is 3. The Morgan fingerprint density at radius 3 is 2.57 bits per heavy atom. The van der Waals surface area contributed by atoms with E-state index < -0.39 is 0 Å². The van der Waals surface area contributed by atoms with Crippen molar-refractivity contribution in [3.05, 3.63) is 54.1 Å². The number of imidazole rings is 1. The molecule has 28 heavy (non-hydrogen) atoms. The zero-order chi connectivity index (χ0) is 20.2. The van der Waals surface area contributed by atoms with Gasteiger partial charge in [-0.3, -0.25) is 4.79 Å². The molecule has 7 nitrogen and oxygen atoms in total. The molecule has 0 saturated heterocycles. The van der Waals surface area contributed by atoms with Gasteiger partial charge >= 0.3 is 12.0 Å². The zero-order valence-electron chi connectivity index (χ0n) is 16.7. The Balaban J connectivity index is 1.74. The maximum atomic E-state index is 12.4. The van der Waals surface area contributed by atoms with Crippen LogP contribution in [0.25, 0.3) is 0 Å². The summed E-state index contributed by atoms with van der Waals surface area (Å²) in [5, 5.41) is 5.92. The van der Waals surface area contributed by atoms with Gasteiger partial charge in [-0.1, -0.05) is 43.2 Å². The molecule has 2 rings (SSSR count). The number of nitrogens with one attached hydrogen (secondary N) is 2. The second kappa shape index (κ2) is 11.8. The summed E-state index contributed by atoms with van der Waals surface area (Å²) in [6, 6.07) is 9.25. The maximum absolute atomic E-state index is 12.4. The minimum atomic E-state index is -0.314. The largest absolute Gasteiger partial charge is 0.466 e. The number of carbonyl (C=O) groups is 2. The predicted molar refractivity (Wildman–Crippen MR) is 108 cm³/mol. The number of rotatable bonds is 11. The third-order valence-corrected chi connectivity index (χ3v) is 4.42. The Morgan fingerprint density at radius 1 is 1.14 bits per heavy atom. The lowest BCUT2D eigenvalue weighted by atomic mass is 10.1. The van der Waals surface area contributed by atoms with Gasteiger partial charge in [0.1, 0.15) is 11.9 Å². The van der Waals surface area contributed by atoms with E-state index in [1.807, 2.05) is 55.1 Å². The molecule has 7 heteroatoms. The van der Waals surface area contributed by atoms with E-state index in [1.54, 1.807) is 6.20 Å². The number of carbonyl (C=O) groups excluding carboxylic acids is 2. The van der Waals surface area contributed by atoms with Gasteiger partial charge in [-0.15, -0.1) is 0 Å². The summed E-state index contributed by atoms with van der Waals surface area (Å²) in [6.07, 6.45) is 7.64. The topological polar surface area (TPSA) is 85.2 Å². The smallest absolute Gasteiger partial charge is 0.315 e. The van der Waals surface area contributed by atoms with Gasteiger partial charge in [-0.05, 0) is 25.3 Å². The van der Waals surface area contributed by atoms with Crippen molar-refractivity contribution in [1.82, 2.24) is 20.2 Å². The van der Waals surface area contributed by atoms with E-state index in [0.29, 0.717) is 19.6 Å². The van der Waals surface area contributed by atoms with Crippen LogP contribution in [0.1, 0.15) is 56.5 Å². The van der Waals surface area contributed by atoms with Crippen LogP contribution in [0, 0.1) is 0 Å². The van der Waals surface area contributed by atoms with Gasteiger partial charge in [0.25, 0.3) is 0 Å². The van der Waals surface area contributed by atoms with E-state index in [-0.39, 0.29) is 18.0 Å². The number of benzene rings is 1. The van der Waals surface area contributed by atoms with Gasteiger partial charge in [0, 0.05) is 32.4 Å². The van der Waals surface area contributed by atoms with Gasteiger partial charge < -0.3 is 19.9 Å². The molecule has 0 fully saturated rings. The fourth-order valence-electron chi connectivity index (χ4n) is 2.96. The van der Waals surface area contributed by atoms with Crippen LogP contribution in [0.15, 0.2) is 42.7 Å². The molecule has 0 aliphatic rings. The SMILES string of the molecule is CCOC(=O)CCCCCCNC(=O)NC(c1ccccc1)c1nccn1C. The third kappa shape index (κ3) is 7.06. The van der Waals surface area contributed by atoms with Crippen LogP contribution in [0.3, 0.4) is 0 Å². The molecule has 1 heterocycles. The summed E-state index contributed by atoms with van der Waals surface area (Å²) in [5.41, 5.74) is 0.978. The fraction of sp³-hybridized carbons (Fsp3) is 0.476. The van der Waals surface area contributed by atoms with Crippen molar-refractivity contribution in [2.45, 2.75) is 45.1 Å². The number of aromatic nitrogens is 2. The zero-order valence-corrected chi connectivity index (χ0v) is 16.7. The van der Waals surface area contributed by atoms with E-state index in [9.17, 15) is 9.59 Å². The quantitative estimate of drug-likeness (QED) is 0.458. The fourth-order valence-corrected chi connectivity index (χ4v) is 2.96. The number of esters is 1. The van der Waals surface area contributed by atoms with Gasteiger partial charge in [-0.2, -0.15) is 0 Å². The molecular weight excluding hydrogens is 356 g/mol. The number of ether oxygens (including phenoxy) is 1. The first-order valence-electron chi connectivity index (χ1n) is 9.84. The van der Waals surface area contributed by atoms with Gasteiger partial charge in [-0.25, -0.2) is 9.78 Å². The van der Waals surface area contributed by atoms with Crippen molar-refractivity contribution in [3.8, 4) is 0 Å². The molecule has 0 spiro atoms. The van der Waals surface area contributed by atoms with Crippen molar-refractivity contribution in [3.63, 3.8) is 0 Å². The van der Waals surface area contributed by atoms with Crippen LogP contribution in [-0.2, 0) is 16.6 Å². The highest BCUT2D eigenvalue weighted by Gasteiger charge is 2.20. The highest BCUT2D eigenvalue weighted by Crippen LogP contribution is 2.19. The number of amides is 2. The van der Waals surface area contributed by atoms with Crippen LogP contribution in [0.5, 0.6) is 0 Å². The highest BCUT2D eigenvalue weighted by molar-refractivity contribution is 5.74. The average molecular weight is 386 g/mol. The summed E-state index contributed by atoms with van der Waals surface area (Å²) in [5.74, 6) is 0.640. The van der Waals surface area contributed by atoms with Crippen molar-refractivity contribution >= 4 is 12.0 Å². The molecule has 0 radical (unpaired) electrons. The van der Waals surface area contributed by atoms with E-state index in [2.05, 4.69) is 15.6 Å².